The molecule has 1 aromatic heterocycles. The number of nitriles is 2. The number of halogens is 1. The Labute approximate surface area is 244 Å². The number of nitrogens with zero attached hydrogens (tertiary/aromatic N) is 6. The van der Waals surface area contributed by atoms with Gasteiger partial charge in [-0.2, -0.15) is 10.5 Å². The van der Waals surface area contributed by atoms with E-state index in [-0.39, 0.29) is 23.8 Å². The number of benzene rings is 2. The van der Waals surface area contributed by atoms with Crippen LogP contribution in [0.2, 0.25) is 5.02 Å². The molecule has 0 spiro atoms. The second kappa shape index (κ2) is 12.3. The van der Waals surface area contributed by atoms with Gasteiger partial charge in [0.15, 0.2) is 0 Å². The highest BCUT2D eigenvalue weighted by Gasteiger charge is 2.42. The summed E-state index contributed by atoms with van der Waals surface area (Å²) in [5.74, 6) is 1.01. The molecule has 10 heteroatoms. The molecule has 2 fully saturated rings. The van der Waals surface area contributed by atoms with E-state index in [4.69, 9.17) is 26.9 Å². The number of hydrogen-bond donors (Lipinski definition) is 0. The van der Waals surface area contributed by atoms with Gasteiger partial charge in [-0.15, -0.1) is 0 Å². The van der Waals surface area contributed by atoms with Crippen LogP contribution in [0, 0.1) is 28.6 Å². The van der Waals surface area contributed by atoms with E-state index in [1.54, 1.807) is 48.5 Å². The number of carbonyl (C=O) groups is 2. The quantitative estimate of drug-likeness (QED) is 0.433. The zero-order chi connectivity index (χ0) is 28.9. The van der Waals surface area contributed by atoms with Crippen molar-refractivity contribution in [2.75, 3.05) is 38.1 Å². The molecule has 0 radical (unpaired) electrons. The Morgan fingerprint density at radius 2 is 1.61 bits per heavy atom. The van der Waals surface area contributed by atoms with Gasteiger partial charge < -0.3 is 19.4 Å². The van der Waals surface area contributed by atoms with Crippen LogP contribution in [-0.2, 0) is 4.79 Å². The first-order chi connectivity index (χ1) is 19.9. The Bertz CT molecular complexity index is 1470. The standard InChI is InChI=1S/C31H29ClN6O3/c1-36(31(40)41-26-9-2-21(16-33)3-10-26)28-20-38(19-27(28)23-5-7-25(32)8-6-23)30(39)24-12-14-37(15-13-24)29-11-4-22(17-34)18-35-29/h2-11,18,24,27-28H,12-15,19-20H2,1H3/t27-,28+/m0/s1. The van der Waals surface area contributed by atoms with E-state index < -0.39 is 6.09 Å². The fourth-order valence-electron chi connectivity index (χ4n) is 5.56. The summed E-state index contributed by atoms with van der Waals surface area (Å²) < 4.78 is 5.60. The van der Waals surface area contributed by atoms with E-state index in [9.17, 15) is 9.59 Å². The SMILES string of the molecule is CN(C(=O)Oc1ccc(C#N)cc1)[C@@H]1CN(C(=O)C2CCN(c3ccc(C#N)cn3)CC2)C[C@H]1c1ccc(Cl)cc1. The normalized spacial score (nSPS) is 18.8. The number of piperidine rings is 1. The maximum Gasteiger partial charge on any atom is 0.415 e. The number of anilines is 1. The van der Waals surface area contributed by atoms with Crippen LogP contribution >= 0.6 is 11.6 Å². The second-order valence-electron chi connectivity index (χ2n) is 10.4. The van der Waals surface area contributed by atoms with Gasteiger partial charge in [-0.05, 0) is 66.9 Å². The molecule has 3 aromatic rings. The first-order valence-corrected chi connectivity index (χ1v) is 13.8. The highest BCUT2D eigenvalue weighted by atomic mass is 35.5. The van der Waals surface area contributed by atoms with E-state index >= 15 is 0 Å². The van der Waals surface area contributed by atoms with Crippen molar-refractivity contribution in [3.63, 3.8) is 0 Å². The van der Waals surface area contributed by atoms with Crippen molar-refractivity contribution in [1.29, 1.82) is 10.5 Å². The monoisotopic (exact) mass is 568 g/mol. The van der Waals surface area contributed by atoms with Crippen molar-refractivity contribution in [1.82, 2.24) is 14.8 Å². The summed E-state index contributed by atoms with van der Waals surface area (Å²) in [4.78, 5) is 36.8. The molecule has 0 aliphatic carbocycles. The highest BCUT2D eigenvalue weighted by molar-refractivity contribution is 6.30. The lowest BCUT2D eigenvalue weighted by molar-refractivity contribution is -0.135. The third kappa shape index (κ3) is 6.26. The lowest BCUT2D eigenvalue weighted by atomic mass is 9.93. The third-order valence-corrected chi connectivity index (χ3v) is 8.17. The lowest BCUT2D eigenvalue weighted by Gasteiger charge is -2.34. The Kier molecular flexibility index (Phi) is 8.37. The summed E-state index contributed by atoms with van der Waals surface area (Å²) >= 11 is 6.14. The second-order valence-corrected chi connectivity index (χ2v) is 10.8. The summed E-state index contributed by atoms with van der Waals surface area (Å²) in [7, 11) is 1.69. The molecule has 2 aliphatic heterocycles. The largest absolute Gasteiger partial charge is 0.415 e. The number of likely N-dealkylation sites (N-methyl/N-ethyl adjacent to an activating group) is 1. The predicted octanol–water partition coefficient (Wildman–Crippen LogP) is 4.82. The van der Waals surface area contributed by atoms with Crippen molar-refractivity contribution in [3.8, 4) is 17.9 Å². The van der Waals surface area contributed by atoms with Crippen LogP contribution in [0.3, 0.4) is 0 Å². The lowest BCUT2D eigenvalue weighted by Crippen LogP contribution is -2.45. The van der Waals surface area contributed by atoms with E-state index in [1.165, 1.54) is 0 Å². The molecule has 0 bridgehead atoms. The average Bonchev–Trinajstić information content (AvgIpc) is 3.46. The van der Waals surface area contributed by atoms with Gasteiger partial charge in [0.2, 0.25) is 5.91 Å². The number of carbonyl (C=O) groups excluding carboxylic acids is 2. The van der Waals surface area contributed by atoms with Gasteiger partial charge in [0.05, 0.1) is 23.2 Å². The summed E-state index contributed by atoms with van der Waals surface area (Å²) in [5, 5.41) is 18.7. The van der Waals surface area contributed by atoms with Crippen molar-refractivity contribution in [2.24, 2.45) is 5.92 Å². The van der Waals surface area contributed by atoms with E-state index in [2.05, 4.69) is 16.0 Å². The van der Waals surface area contributed by atoms with Crippen LogP contribution in [0.1, 0.15) is 35.4 Å². The molecular formula is C31H29ClN6O3. The van der Waals surface area contributed by atoms with E-state index in [0.29, 0.717) is 60.9 Å². The van der Waals surface area contributed by atoms with Gasteiger partial charge in [-0.25, -0.2) is 9.78 Å². The molecule has 2 aromatic carbocycles. The van der Waals surface area contributed by atoms with Crippen LogP contribution in [0.5, 0.6) is 5.75 Å². The molecule has 0 unspecified atom stereocenters. The first kappa shape index (κ1) is 27.9. The van der Waals surface area contributed by atoms with Gasteiger partial charge in [0.25, 0.3) is 0 Å². The van der Waals surface area contributed by atoms with Crippen LogP contribution in [0.15, 0.2) is 66.9 Å². The smallest absolute Gasteiger partial charge is 0.410 e. The maximum atomic E-state index is 13.7. The molecule has 2 saturated heterocycles. The van der Waals surface area contributed by atoms with E-state index in [1.807, 2.05) is 41.3 Å². The summed E-state index contributed by atoms with van der Waals surface area (Å²) in [6.07, 6.45) is 2.43. The number of amides is 2. The fraction of sp³-hybridized carbons (Fsp3) is 0.323. The van der Waals surface area contributed by atoms with Gasteiger partial charge >= 0.3 is 6.09 Å². The van der Waals surface area contributed by atoms with Gasteiger partial charge in [0, 0.05) is 56.3 Å². The minimum atomic E-state index is -0.531. The number of aromatic nitrogens is 1. The molecule has 41 heavy (non-hydrogen) atoms. The first-order valence-electron chi connectivity index (χ1n) is 13.5. The zero-order valence-corrected chi connectivity index (χ0v) is 23.4. The van der Waals surface area contributed by atoms with Gasteiger partial charge in [-0.3, -0.25) is 4.79 Å². The van der Waals surface area contributed by atoms with Crippen LogP contribution in [0.4, 0.5) is 10.6 Å². The Balaban J connectivity index is 1.27. The fourth-order valence-corrected chi connectivity index (χ4v) is 5.68. The number of ether oxygens (including phenoxy) is 1. The molecule has 2 amide bonds. The highest BCUT2D eigenvalue weighted by Crippen LogP contribution is 2.34. The maximum absolute atomic E-state index is 13.7. The molecule has 0 saturated carbocycles. The van der Waals surface area contributed by atoms with Crippen molar-refractivity contribution in [2.45, 2.75) is 24.8 Å². The van der Waals surface area contributed by atoms with Gasteiger partial charge in [0.1, 0.15) is 17.6 Å². The molecule has 2 aliphatic rings. The molecule has 9 nitrogen and oxygen atoms in total. The van der Waals surface area contributed by atoms with E-state index in [0.717, 1.165) is 11.4 Å². The molecule has 208 valence electrons. The van der Waals surface area contributed by atoms with Crippen LogP contribution < -0.4 is 9.64 Å². The molecule has 3 heterocycles. The summed E-state index contributed by atoms with van der Waals surface area (Å²) in [6, 6.07) is 21.3. The zero-order valence-electron chi connectivity index (χ0n) is 22.6. The Morgan fingerprint density at radius 3 is 2.22 bits per heavy atom. The minimum absolute atomic E-state index is 0.0905. The predicted molar refractivity (Wildman–Crippen MR) is 153 cm³/mol. The third-order valence-electron chi connectivity index (χ3n) is 7.92. The van der Waals surface area contributed by atoms with Crippen molar-refractivity contribution >= 4 is 29.4 Å². The molecule has 5 rings (SSSR count). The van der Waals surface area contributed by atoms with Crippen molar-refractivity contribution in [3.05, 3.63) is 88.6 Å². The Hall–Kier alpha value is -4.60. The van der Waals surface area contributed by atoms with Crippen LogP contribution in [0.25, 0.3) is 0 Å². The van der Waals surface area contributed by atoms with Crippen molar-refractivity contribution < 1.29 is 14.3 Å². The average molecular weight is 569 g/mol. The molecule has 0 N–H and O–H groups in total. The summed E-state index contributed by atoms with van der Waals surface area (Å²) in [5.41, 5.74) is 1.99. The van der Waals surface area contributed by atoms with Crippen LogP contribution in [-0.4, -0.2) is 66.1 Å². The minimum Gasteiger partial charge on any atom is -0.410 e. The number of pyridine rings is 1. The molecular weight excluding hydrogens is 540 g/mol. The number of rotatable bonds is 5. The number of likely N-dealkylation sites (tertiary alicyclic amines) is 1. The summed E-state index contributed by atoms with van der Waals surface area (Å²) in [6.45, 7) is 2.27. The molecule has 2 atom stereocenters. The Morgan fingerprint density at radius 1 is 0.951 bits per heavy atom. The topological polar surface area (TPSA) is 114 Å². The number of hydrogen-bond acceptors (Lipinski definition) is 7. The van der Waals surface area contributed by atoms with Gasteiger partial charge in [-0.1, -0.05) is 23.7 Å².